The number of hydrogen-bond donors (Lipinski definition) is 2. The highest BCUT2D eigenvalue weighted by Gasteiger charge is 2.19. The summed E-state index contributed by atoms with van der Waals surface area (Å²) in [5.74, 6) is -1.32. The molecule has 7 nitrogen and oxygen atoms in total. The van der Waals surface area contributed by atoms with Crippen LogP contribution in [0.15, 0.2) is 12.1 Å². The van der Waals surface area contributed by atoms with Gasteiger partial charge in [-0.1, -0.05) is 0 Å². The zero-order chi connectivity index (χ0) is 14.4. The van der Waals surface area contributed by atoms with Crippen LogP contribution in [-0.4, -0.2) is 28.2 Å². The van der Waals surface area contributed by atoms with Crippen LogP contribution in [0.4, 0.5) is 5.69 Å². The molecule has 7 heteroatoms. The number of aromatic hydroxyl groups is 1. The predicted octanol–water partition coefficient (Wildman–Crippen LogP) is 2.11. The minimum absolute atomic E-state index is 0.0439. The van der Waals surface area contributed by atoms with Gasteiger partial charge in [0.25, 0.3) is 0 Å². The van der Waals surface area contributed by atoms with Gasteiger partial charge < -0.3 is 14.9 Å². The number of carboxylic acids is 1. The molecule has 0 amide bonds. The summed E-state index contributed by atoms with van der Waals surface area (Å²) in [6.45, 7) is 0. The van der Waals surface area contributed by atoms with E-state index in [2.05, 4.69) is 0 Å². The fraction of sp³-hybridized carbons (Fsp3) is 0.417. The molecule has 104 valence electrons. The van der Waals surface area contributed by atoms with Crippen molar-refractivity contribution in [3.63, 3.8) is 0 Å². The average Bonchev–Trinajstić information content (AvgIpc) is 2.35. The molecule has 0 aliphatic carbocycles. The molecule has 0 saturated carbocycles. The molecule has 19 heavy (non-hydrogen) atoms. The Bertz CT molecular complexity index is 485. The van der Waals surface area contributed by atoms with Crippen LogP contribution in [0.25, 0.3) is 0 Å². The molecule has 0 aliphatic rings. The highest BCUT2D eigenvalue weighted by atomic mass is 16.6. The van der Waals surface area contributed by atoms with Crippen LogP contribution < -0.4 is 4.74 Å². The quantitative estimate of drug-likeness (QED) is 0.445. The number of hydrogen-bond acceptors (Lipinski definition) is 5. The first-order valence-electron chi connectivity index (χ1n) is 5.71. The molecule has 0 unspecified atom stereocenters. The lowest BCUT2D eigenvalue weighted by Gasteiger charge is -2.07. The Labute approximate surface area is 109 Å². The molecule has 0 heterocycles. The normalized spacial score (nSPS) is 10.2. The molecule has 0 aromatic heterocycles. The molecule has 2 N–H and O–H groups in total. The number of ether oxygens (including phenoxy) is 1. The molecule has 0 radical (unpaired) electrons. The maximum atomic E-state index is 10.8. The Balaban J connectivity index is 2.81. The monoisotopic (exact) mass is 269 g/mol. The molecular formula is C12H15NO6. The van der Waals surface area contributed by atoms with E-state index in [0.717, 1.165) is 0 Å². The molecule has 0 saturated heterocycles. The second-order valence-electron chi connectivity index (χ2n) is 4.02. The van der Waals surface area contributed by atoms with Crippen molar-refractivity contribution in [2.75, 3.05) is 7.11 Å². The number of benzene rings is 1. The van der Waals surface area contributed by atoms with Gasteiger partial charge in [0.15, 0.2) is 5.75 Å². The summed E-state index contributed by atoms with van der Waals surface area (Å²) in [5, 5.41) is 28.9. The average molecular weight is 269 g/mol. The topological polar surface area (TPSA) is 110 Å². The number of carboxylic acid groups (broad SMARTS) is 1. The van der Waals surface area contributed by atoms with Gasteiger partial charge in [-0.25, -0.2) is 0 Å². The summed E-state index contributed by atoms with van der Waals surface area (Å²) < 4.78 is 4.87. The minimum atomic E-state index is -0.866. The molecule has 0 bridgehead atoms. The summed E-state index contributed by atoms with van der Waals surface area (Å²) in [4.78, 5) is 20.4. The van der Waals surface area contributed by atoms with Crippen molar-refractivity contribution < 1.29 is 24.7 Å². The maximum absolute atomic E-state index is 10.8. The van der Waals surface area contributed by atoms with E-state index < -0.39 is 22.3 Å². The van der Waals surface area contributed by atoms with Gasteiger partial charge in [-0.15, -0.1) is 0 Å². The molecule has 1 aromatic carbocycles. The van der Waals surface area contributed by atoms with Crippen LogP contribution in [0.3, 0.4) is 0 Å². The van der Waals surface area contributed by atoms with E-state index in [4.69, 9.17) is 9.84 Å². The number of nitrogens with zero attached hydrogens (tertiary/aromatic N) is 1. The van der Waals surface area contributed by atoms with Gasteiger partial charge >= 0.3 is 11.7 Å². The Morgan fingerprint density at radius 3 is 2.63 bits per heavy atom. The predicted molar refractivity (Wildman–Crippen MR) is 66.5 cm³/mol. The Morgan fingerprint density at radius 1 is 1.42 bits per heavy atom. The molecule has 0 spiro atoms. The van der Waals surface area contributed by atoms with Crippen LogP contribution in [-0.2, 0) is 11.2 Å². The number of aryl methyl sites for hydroxylation is 1. The van der Waals surface area contributed by atoms with Gasteiger partial charge in [-0.05, 0) is 30.9 Å². The number of aliphatic carboxylic acids is 1. The Kier molecular flexibility index (Phi) is 5.11. The van der Waals surface area contributed by atoms with Crippen molar-refractivity contribution in [3.05, 3.63) is 27.8 Å². The highest BCUT2D eigenvalue weighted by molar-refractivity contribution is 5.66. The minimum Gasteiger partial charge on any atom is -0.500 e. The molecule has 1 aromatic rings. The van der Waals surface area contributed by atoms with E-state index in [0.29, 0.717) is 24.8 Å². The number of methoxy groups -OCH3 is 1. The molecule has 0 fully saturated rings. The number of nitro groups is 1. The van der Waals surface area contributed by atoms with Crippen LogP contribution in [0.1, 0.15) is 24.8 Å². The third-order valence-electron chi connectivity index (χ3n) is 2.64. The van der Waals surface area contributed by atoms with Crippen LogP contribution in [0, 0.1) is 10.1 Å². The number of unbranched alkanes of at least 4 members (excludes halogenated alkanes) is 1. The van der Waals surface area contributed by atoms with E-state index in [9.17, 15) is 20.0 Å². The third-order valence-corrected chi connectivity index (χ3v) is 2.64. The third kappa shape index (κ3) is 4.13. The van der Waals surface area contributed by atoms with E-state index in [1.54, 1.807) is 0 Å². The summed E-state index contributed by atoms with van der Waals surface area (Å²) in [5.41, 5.74) is 0.222. The van der Waals surface area contributed by atoms with Gasteiger partial charge in [-0.3, -0.25) is 14.9 Å². The molecule has 0 aliphatic heterocycles. The lowest BCUT2D eigenvalue weighted by molar-refractivity contribution is -0.386. The van der Waals surface area contributed by atoms with E-state index in [1.165, 1.54) is 19.2 Å². The smallest absolute Gasteiger partial charge is 0.314 e. The van der Waals surface area contributed by atoms with Crippen molar-refractivity contribution in [1.82, 2.24) is 0 Å². The Morgan fingerprint density at radius 2 is 2.11 bits per heavy atom. The van der Waals surface area contributed by atoms with Crippen LogP contribution in [0.5, 0.6) is 11.5 Å². The summed E-state index contributed by atoms with van der Waals surface area (Å²) >= 11 is 0. The number of carbonyl (C=O) groups is 1. The first-order chi connectivity index (χ1) is 8.95. The van der Waals surface area contributed by atoms with Crippen molar-refractivity contribution in [2.24, 2.45) is 0 Å². The van der Waals surface area contributed by atoms with Gasteiger partial charge in [-0.2, -0.15) is 0 Å². The standard InChI is InChI=1S/C12H15NO6/c1-19-10-7-8(4-2-3-5-11(14)15)6-9(12(10)16)13(17)18/h6-7,16H,2-5H2,1H3,(H,14,15). The SMILES string of the molecule is COc1cc(CCCCC(=O)O)cc([N+](=O)[O-])c1O. The largest absolute Gasteiger partial charge is 0.500 e. The number of phenols is 1. The zero-order valence-corrected chi connectivity index (χ0v) is 10.5. The highest BCUT2D eigenvalue weighted by Crippen LogP contribution is 2.37. The number of nitro benzene ring substituents is 1. The van der Waals surface area contributed by atoms with Crippen molar-refractivity contribution >= 4 is 11.7 Å². The van der Waals surface area contributed by atoms with E-state index >= 15 is 0 Å². The maximum Gasteiger partial charge on any atom is 0.314 e. The lowest BCUT2D eigenvalue weighted by Crippen LogP contribution is -1.97. The lowest BCUT2D eigenvalue weighted by atomic mass is 10.1. The summed E-state index contributed by atoms with van der Waals surface area (Å²) in [7, 11) is 1.31. The van der Waals surface area contributed by atoms with Crippen molar-refractivity contribution in [2.45, 2.75) is 25.7 Å². The van der Waals surface area contributed by atoms with Gasteiger partial charge in [0.1, 0.15) is 0 Å². The summed E-state index contributed by atoms with van der Waals surface area (Å²) in [6, 6.07) is 2.79. The van der Waals surface area contributed by atoms with Crippen LogP contribution >= 0.6 is 0 Å². The van der Waals surface area contributed by atoms with Crippen LogP contribution in [0.2, 0.25) is 0 Å². The van der Waals surface area contributed by atoms with Gasteiger partial charge in [0, 0.05) is 12.5 Å². The van der Waals surface area contributed by atoms with Gasteiger partial charge in [0.2, 0.25) is 5.75 Å². The first kappa shape index (κ1) is 14.7. The second-order valence-corrected chi connectivity index (χ2v) is 4.02. The summed E-state index contributed by atoms with van der Waals surface area (Å²) in [6.07, 6.45) is 1.64. The second kappa shape index (κ2) is 6.58. The van der Waals surface area contributed by atoms with E-state index in [-0.39, 0.29) is 12.2 Å². The van der Waals surface area contributed by atoms with Crippen molar-refractivity contribution in [3.8, 4) is 11.5 Å². The van der Waals surface area contributed by atoms with E-state index in [1.807, 2.05) is 0 Å². The first-order valence-corrected chi connectivity index (χ1v) is 5.71. The molecular weight excluding hydrogens is 254 g/mol. The fourth-order valence-corrected chi connectivity index (χ4v) is 1.69. The molecule has 1 rings (SSSR count). The zero-order valence-electron chi connectivity index (χ0n) is 10.5. The Hall–Kier alpha value is -2.31. The van der Waals surface area contributed by atoms with Gasteiger partial charge in [0.05, 0.1) is 12.0 Å². The number of rotatable bonds is 7. The molecule has 0 atom stereocenters. The number of phenolic OH excluding ortho intramolecular Hbond substituents is 1. The fourth-order valence-electron chi connectivity index (χ4n) is 1.69. The van der Waals surface area contributed by atoms with Crippen molar-refractivity contribution in [1.29, 1.82) is 0 Å².